The summed E-state index contributed by atoms with van der Waals surface area (Å²) in [7, 11) is 1.44. The van der Waals surface area contributed by atoms with E-state index in [9.17, 15) is 18.0 Å². The summed E-state index contributed by atoms with van der Waals surface area (Å²) in [5.74, 6) is -1.82. The van der Waals surface area contributed by atoms with Crippen molar-refractivity contribution in [3.63, 3.8) is 0 Å². The summed E-state index contributed by atoms with van der Waals surface area (Å²) in [6.07, 6.45) is -3.18. The lowest BCUT2D eigenvalue weighted by atomic mass is 10.0. The molecule has 2 aromatic carbocycles. The van der Waals surface area contributed by atoms with Gasteiger partial charge in [-0.25, -0.2) is 0 Å². The second kappa shape index (κ2) is 9.04. The van der Waals surface area contributed by atoms with Gasteiger partial charge in [0, 0.05) is 17.0 Å². The lowest BCUT2D eigenvalue weighted by molar-refractivity contribution is -0.133. The molecule has 152 valence electrons. The third kappa shape index (κ3) is 5.11. The number of ether oxygens (including phenoxy) is 1. The second-order valence-electron chi connectivity index (χ2n) is 5.89. The van der Waals surface area contributed by atoms with Crippen LogP contribution in [-0.2, 0) is 14.4 Å². The highest BCUT2D eigenvalue weighted by Gasteiger charge is 2.42. The van der Waals surface area contributed by atoms with E-state index in [1.165, 1.54) is 7.11 Å². The minimum atomic E-state index is -4.72. The maximum atomic E-state index is 13.2. The number of hydrogen-bond acceptors (Lipinski definition) is 5. The number of thioether (sulfide) groups is 1. The van der Waals surface area contributed by atoms with Crippen LogP contribution in [0.2, 0.25) is 0 Å². The summed E-state index contributed by atoms with van der Waals surface area (Å²) < 4.78 is 44.2. The molecule has 1 N–H and O–H groups in total. The van der Waals surface area contributed by atoms with Gasteiger partial charge in [0.05, 0.1) is 12.8 Å². The lowest BCUT2D eigenvalue weighted by Gasteiger charge is -2.22. The molecule has 0 aliphatic carbocycles. The van der Waals surface area contributed by atoms with Gasteiger partial charge in [-0.3, -0.25) is 4.79 Å². The smallest absolute Gasteiger partial charge is 0.450 e. The number of para-hydroxylation sites is 1. The maximum Gasteiger partial charge on any atom is 0.450 e. The van der Waals surface area contributed by atoms with Crippen LogP contribution in [0.15, 0.2) is 64.4 Å². The Kier molecular flexibility index (Phi) is 6.48. The number of carbonyl (C=O) groups excluding carboxylic acids is 1. The third-order valence-corrected chi connectivity index (χ3v) is 4.98. The van der Waals surface area contributed by atoms with Crippen molar-refractivity contribution in [2.75, 3.05) is 24.8 Å². The van der Waals surface area contributed by atoms with Gasteiger partial charge in [-0.2, -0.15) is 13.2 Å². The molecule has 1 amide bonds. The summed E-state index contributed by atoms with van der Waals surface area (Å²) in [4.78, 5) is 16.8. The number of anilines is 1. The molecule has 9 heteroatoms. The fraction of sp³-hybridized carbons (Fsp3) is 0.200. The van der Waals surface area contributed by atoms with Crippen LogP contribution in [0.25, 0.3) is 11.1 Å². The zero-order valence-electron chi connectivity index (χ0n) is 15.3. The zero-order chi connectivity index (χ0) is 20.9. The largest absolute Gasteiger partial charge is 0.487 e. The van der Waals surface area contributed by atoms with Crippen molar-refractivity contribution in [1.82, 2.24) is 0 Å². The molecule has 2 aromatic rings. The number of nitrogens with one attached hydrogen (secondary N) is 1. The molecule has 0 fully saturated rings. The van der Waals surface area contributed by atoms with Gasteiger partial charge < -0.3 is 14.9 Å². The topological polar surface area (TPSA) is 59.9 Å². The quantitative estimate of drug-likeness (QED) is 0.555. The van der Waals surface area contributed by atoms with E-state index in [1.54, 1.807) is 30.5 Å². The first-order chi connectivity index (χ1) is 13.9. The van der Waals surface area contributed by atoms with E-state index in [0.717, 1.165) is 22.9 Å². The molecule has 1 heterocycles. The Morgan fingerprint density at radius 1 is 1.21 bits per heavy atom. The summed E-state index contributed by atoms with van der Waals surface area (Å²) in [5, 5.41) is 6.27. The minimum Gasteiger partial charge on any atom is -0.487 e. The molecule has 0 aromatic heterocycles. The first-order valence-corrected chi connectivity index (χ1v) is 9.53. The van der Waals surface area contributed by atoms with Crippen LogP contribution >= 0.6 is 11.8 Å². The molecule has 5 nitrogen and oxygen atoms in total. The number of carbonyl (C=O) groups is 1. The van der Waals surface area contributed by atoms with Crippen LogP contribution in [-0.4, -0.2) is 37.8 Å². The Balaban J connectivity index is 1.88. The van der Waals surface area contributed by atoms with Gasteiger partial charge in [0.25, 0.3) is 5.91 Å². The maximum absolute atomic E-state index is 13.2. The monoisotopic (exact) mass is 422 g/mol. The summed E-state index contributed by atoms with van der Waals surface area (Å²) in [6.45, 7) is -0.0917. The van der Waals surface area contributed by atoms with Gasteiger partial charge in [-0.15, -0.1) is 11.8 Å². The van der Waals surface area contributed by atoms with Crippen molar-refractivity contribution >= 4 is 29.6 Å². The number of oxime groups is 1. The SMILES string of the molecule is CON=Cc1ccc(-c2ccccc2NC(=O)C2=C(C(F)(F)F)OCCS2)cc1. The van der Waals surface area contributed by atoms with E-state index in [1.807, 2.05) is 24.3 Å². The highest BCUT2D eigenvalue weighted by atomic mass is 32.2. The summed E-state index contributed by atoms with van der Waals surface area (Å²) in [5.41, 5.74) is 2.67. The number of hydrogen-bond donors (Lipinski definition) is 1. The van der Waals surface area contributed by atoms with E-state index in [0.29, 0.717) is 11.3 Å². The molecule has 29 heavy (non-hydrogen) atoms. The van der Waals surface area contributed by atoms with E-state index in [2.05, 4.69) is 15.3 Å². The Bertz CT molecular complexity index is 941. The molecule has 1 aliphatic heterocycles. The minimum absolute atomic E-state index is 0.0917. The van der Waals surface area contributed by atoms with Crippen molar-refractivity contribution in [3.8, 4) is 11.1 Å². The number of benzene rings is 2. The lowest BCUT2D eigenvalue weighted by Crippen LogP contribution is -2.26. The summed E-state index contributed by atoms with van der Waals surface area (Å²) in [6, 6.07) is 14.2. The van der Waals surface area contributed by atoms with Crippen LogP contribution in [0.3, 0.4) is 0 Å². The Hall–Kier alpha value is -2.94. The molecule has 0 bridgehead atoms. The van der Waals surface area contributed by atoms with Crippen LogP contribution in [0.1, 0.15) is 5.56 Å². The molecule has 0 unspecified atom stereocenters. The van der Waals surface area contributed by atoms with Gasteiger partial charge in [-0.1, -0.05) is 47.6 Å². The number of alkyl halides is 3. The van der Waals surface area contributed by atoms with E-state index < -0.39 is 22.7 Å². The normalized spacial score (nSPS) is 14.6. The van der Waals surface area contributed by atoms with Crippen molar-refractivity contribution < 1.29 is 27.5 Å². The number of amides is 1. The zero-order valence-corrected chi connectivity index (χ0v) is 16.1. The highest BCUT2D eigenvalue weighted by Crippen LogP contribution is 2.38. The van der Waals surface area contributed by atoms with Gasteiger partial charge >= 0.3 is 6.18 Å². The van der Waals surface area contributed by atoms with Crippen molar-refractivity contribution in [2.45, 2.75) is 6.18 Å². The highest BCUT2D eigenvalue weighted by molar-refractivity contribution is 8.04. The van der Waals surface area contributed by atoms with Gasteiger partial charge in [0.1, 0.15) is 12.0 Å². The molecule has 3 rings (SSSR count). The summed E-state index contributed by atoms with van der Waals surface area (Å²) >= 11 is 0.833. The average molecular weight is 422 g/mol. The molecule has 0 spiro atoms. The molecule has 0 atom stereocenters. The molecular formula is C20H17F3N2O3S. The molecule has 0 radical (unpaired) electrons. The van der Waals surface area contributed by atoms with Crippen LogP contribution < -0.4 is 5.32 Å². The van der Waals surface area contributed by atoms with Gasteiger partial charge in [-0.05, 0) is 17.2 Å². The molecule has 0 saturated heterocycles. The predicted molar refractivity (Wildman–Crippen MR) is 107 cm³/mol. The van der Waals surface area contributed by atoms with Crippen molar-refractivity contribution in [3.05, 3.63) is 64.8 Å². The fourth-order valence-corrected chi connectivity index (χ4v) is 3.54. The van der Waals surface area contributed by atoms with Crippen molar-refractivity contribution in [1.29, 1.82) is 0 Å². The average Bonchev–Trinajstić information content (AvgIpc) is 2.72. The fourth-order valence-electron chi connectivity index (χ4n) is 2.68. The number of allylic oxidation sites excluding steroid dienone is 1. The van der Waals surface area contributed by atoms with E-state index in [4.69, 9.17) is 4.74 Å². The number of rotatable bonds is 5. The molecule has 0 saturated carbocycles. The standard InChI is InChI=1S/C20H17F3N2O3S/c1-27-24-12-13-6-8-14(9-7-13)15-4-2-3-5-16(15)25-19(26)17-18(20(21,22)23)28-10-11-29-17/h2-9,12H,10-11H2,1H3,(H,25,26). The predicted octanol–water partition coefficient (Wildman–Crippen LogP) is 4.81. The third-order valence-electron chi connectivity index (χ3n) is 3.95. The van der Waals surface area contributed by atoms with Crippen LogP contribution in [0.4, 0.5) is 18.9 Å². The molecule has 1 aliphatic rings. The number of nitrogens with zero attached hydrogens (tertiary/aromatic N) is 1. The Morgan fingerprint density at radius 2 is 1.93 bits per heavy atom. The van der Waals surface area contributed by atoms with E-state index >= 15 is 0 Å². The van der Waals surface area contributed by atoms with E-state index in [-0.39, 0.29) is 12.4 Å². The van der Waals surface area contributed by atoms with Gasteiger partial charge in [0.15, 0.2) is 0 Å². The van der Waals surface area contributed by atoms with Crippen LogP contribution in [0.5, 0.6) is 0 Å². The van der Waals surface area contributed by atoms with Gasteiger partial charge in [0.2, 0.25) is 5.76 Å². The Labute approximate surface area is 169 Å². The van der Waals surface area contributed by atoms with Crippen LogP contribution in [0, 0.1) is 0 Å². The first-order valence-electron chi connectivity index (χ1n) is 8.54. The van der Waals surface area contributed by atoms with Crippen molar-refractivity contribution in [2.24, 2.45) is 5.16 Å². The second-order valence-corrected chi connectivity index (χ2v) is 7.00. The number of halogens is 3. The Morgan fingerprint density at radius 3 is 2.62 bits per heavy atom. The molecular weight excluding hydrogens is 405 g/mol. The first kappa shape index (κ1) is 20.8.